The molecule has 2 N–H and O–H groups in total. The molecule has 0 spiro atoms. The van der Waals surface area contributed by atoms with Crippen LogP contribution >= 0.6 is 0 Å². The van der Waals surface area contributed by atoms with Gasteiger partial charge in [0.05, 0.1) is 12.1 Å². The van der Waals surface area contributed by atoms with E-state index in [4.69, 9.17) is 4.74 Å². The minimum absolute atomic E-state index is 0.166. The molecule has 21 heavy (non-hydrogen) atoms. The van der Waals surface area contributed by atoms with Crippen LogP contribution < -0.4 is 15.4 Å². The van der Waals surface area contributed by atoms with Crippen LogP contribution in [0.2, 0.25) is 0 Å². The fourth-order valence-corrected chi connectivity index (χ4v) is 1.92. The second-order valence-corrected chi connectivity index (χ2v) is 4.57. The second kappa shape index (κ2) is 7.28. The minimum atomic E-state index is -0.166. The van der Waals surface area contributed by atoms with Crippen LogP contribution in [0.1, 0.15) is 15.9 Å². The van der Waals surface area contributed by atoms with E-state index in [9.17, 15) is 4.79 Å². The van der Waals surface area contributed by atoms with Gasteiger partial charge < -0.3 is 15.4 Å². The topological polar surface area (TPSA) is 63.2 Å². The van der Waals surface area contributed by atoms with Gasteiger partial charge in [-0.15, -0.1) is 0 Å². The van der Waals surface area contributed by atoms with Gasteiger partial charge in [0.25, 0.3) is 5.91 Å². The molecular weight excluding hydrogens is 266 g/mol. The molecule has 0 radical (unpaired) electrons. The number of benzene rings is 1. The van der Waals surface area contributed by atoms with Gasteiger partial charge in [0, 0.05) is 13.2 Å². The zero-order valence-electron chi connectivity index (χ0n) is 12.2. The van der Waals surface area contributed by atoms with Gasteiger partial charge in [-0.05, 0) is 36.8 Å². The molecule has 0 saturated carbocycles. The predicted molar refractivity (Wildman–Crippen MR) is 82.8 cm³/mol. The first-order chi connectivity index (χ1) is 10.2. The van der Waals surface area contributed by atoms with Gasteiger partial charge in [0.1, 0.15) is 18.2 Å². The third-order valence-electron chi connectivity index (χ3n) is 2.94. The van der Waals surface area contributed by atoms with Crippen molar-refractivity contribution in [2.24, 2.45) is 0 Å². The van der Waals surface area contributed by atoms with Gasteiger partial charge in [0.15, 0.2) is 0 Å². The Kier molecular flexibility index (Phi) is 5.15. The molecule has 1 amide bonds. The molecule has 1 aromatic carbocycles. The average molecular weight is 285 g/mol. The number of nitrogens with one attached hydrogen (secondary N) is 2. The first-order valence-electron chi connectivity index (χ1n) is 6.81. The van der Waals surface area contributed by atoms with Crippen molar-refractivity contribution in [3.63, 3.8) is 0 Å². The molecule has 0 aliphatic carbocycles. The number of carbonyl (C=O) groups is 1. The van der Waals surface area contributed by atoms with Crippen LogP contribution in [0.3, 0.4) is 0 Å². The van der Waals surface area contributed by atoms with Crippen molar-refractivity contribution in [2.45, 2.75) is 6.92 Å². The van der Waals surface area contributed by atoms with Gasteiger partial charge in [0.2, 0.25) is 0 Å². The quantitative estimate of drug-likeness (QED) is 0.799. The highest BCUT2D eigenvalue weighted by Crippen LogP contribution is 2.12. The Bertz CT molecular complexity index is 614. The Morgan fingerprint density at radius 1 is 1.29 bits per heavy atom. The summed E-state index contributed by atoms with van der Waals surface area (Å²) in [6, 6.07) is 11.3. The lowest BCUT2D eigenvalue weighted by atomic mass is 10.2. The third kappa shape index (κ3) is 4.21. The number of ether oxygens (including phenoxy) is 1. The fourth-order valence-electron chi connectivity index (χ4n) is 1.92. The number of anilines is 1. The summed E-state index contributed by atoms with van der Waals surface area (Å²) >= 11 is 0. The lowest BCUT2D eigenvalue weighted by molar-refractivity contribution is 0.0947. The summed E-state index contributed by atoms with van der Waals surface area (Å²) in [5.74, 6) is 1.21. The molecule has 0 bridgehead atoms. The first kappa shape index (κ1) is 14.8. The highest BCUT2D eigenvalue weighted by Gasteiger charge is 2.10. The van der Waals surface area contributed by atoms with Gasteiger partial charge in [-0.25, -0.2) is 4.98 Å². The molecule has 0 atom stereocenters. The van der Waals surface area contributed by atoms with Crippen molar-refractivity contribution in [3.8, 4) is 5.75 Å². The molecule has 5 nitrogen and oxygen atoms in total. The van der Waals surface area contributed by atoms with Crippen LogP contribution in [0.5, 0.6) is 5.75 Å². The molecule has 0 unspecified atom stereocenters. The van der Waals surface area contributed by atoms with E-state index in [0.717, 1.165) is 11.3 Å². The molecule has 0 saturated heterocycles. The minimum Gasteiger partial charge on any atom is -0.492 e. The van der Waals surface area contributed by atoms with Crippen LogP contribution in [0.4, 0.5) is 5.82 Å². The van der Waals surface area contributed by atoms with E-state index in [0.29, 0.717) is 24.5 Å². The number of nitrogens with zero attached hydrogens (tertiary/aromatic N) is 1. The summed E-state index contributed by atoms with van der Waals surface area (Å²) in [5, 5.41) is 5.71. The maximum absolute atomic E-state index is 12.0. The molecule has 1 aromatic heterocycles. The van der Waals surface area contributed by atoms with Crippen molar-refractivity contribution >= 4 is 11.7 Å². The normalized spacial score (nSPS) is 10.0. The number of rotatable bonds is 6. The molecule has 110 valence electrons. The summed E-state index contributed by atoms with van der Waals surface area (Å²) in [6.07, 6.45) is 1.64. The summed E-state index contributed by atoms with van der Waals surface area (Å²) in [4.78, 5) is 16.1. The molecule has 2 aromatic rings. The molecule has 2 rings (SSSR count). The number of pyridine rings is 1. The zero-order valence-corrected chi connectivity index (χ0v) is 12.2. The van der Waals surface area contributed by atoms with Gasteiger partial charge in [-0.3, -0.25) is 4.79 Å². The molecular formula is C16H19N3O2. The van der Waals surface area contributed by atoms with E-state index in [-0.39, 0.29) is 5.91 Å². The van der Waals surface area contributed by atoms with Crippen molar-refractivity contribution in [1.82, 2.24) is 10.3 Å². The van der Waals surface area contributed by atoms with Crippen LogP contribution in [-0.2, 0) is 0 Å². The Labute approximate surface area is 124 Å². The van der Waals surface area contributed by atoms with Crippen molar-refractivity contribution in [2.75, 3.05) is 25.5 Å². The number of aromatic nitrogens is 1. The van der Waals surface area contributed by atoms with Crippen molar-refractivity contribution < 1.29 is 9.53 Å². The Balaban J connectivity index is 1.82. The maximum atomic E-state index is 12.0. The van der Waals surface area contributed by atoms with E-state index in [1.807, 2.05) is 31.2 Å². The highest BCUT2D eigenvalue weighted by atomic mass is 16.5. The monoisotopic (exact) mass is 285 g/mol. The summed E-state index contributed by atoms with van der Waals surface area (Å²) in [7, 11) is 1.74. The Hall–Kier alpha value is -2.56. The maximum Gasteiger partial charge on any atom is 0.255 e. The van der Waals surface area contributed by atoms with Crippen LogP contribution in [0.25, 0.3) is 0 Å². The van der Waals surface area contributed by atoms with Crippen LogP contribution in [0.15, 0.2) is 42.6 Å². The second-order valence-electron chi connectivity index (χ2n) is 4.57. The van der Waals surface area contributed by atoms with Crippen LogP contribution in [0, 0.1) is 6.92 Å². The molecule has 0 aliphatic heterocycles. The predicted octanol–water partition coefficient (Wildman–Crippen LogP) is 2.24. The van der Waals surface area contributed by atoms with Gasteiger partial charge in [-0.2, -0.15) is 0 Å². The third-order valence-corrected chi connectivity index (χ3v) is 2.94. The number of amides is 1. The number of carbonyl (C=O) groups excluding carboxylic acids is 1. The lowest BCUT2D eigenvalue weighted by Gasteiger charge is -2.10. The largest absolute Gasteiger partial charge is 0.492 e. The molecule has 0 aliphatic rings. The van der Waals surface area contributed by atoms with E-state index in [2.05, 4.69) is 15.6 Å². The standard InChI is InChI=1S/C16H19N3O2/c1-12-5-3-6-13(11-12)21-10-9-19-16(20)14-7-4-8-18-15(14)17-2/h3-8,11H,9-10H2,1-2H3,(H,17,18)(H,19,20). The first-order valence-corrected chi connectivity index (χ1v) is 6.81. The number of hydrogen-bond acceptors (Lipinski definition) is 4. The Morgan fingerprint density at radius 3 is 2.90 bits per heavy atom. The average Bonchev–Trinajstić information content (AvgIpc) is 2.51. The van der Waals surface area contributed by atoms with Crippen LogP contribution in [-0.4, -0.2) is 31.1 Å². The smallest absolute Gasteiger partial charge is 0.255 e. The van der Waals surface area contributed by atoms with E-state index < -0.39 is 0 Å². The molecule has 0 fully saturated rings. The Morgan fingerprint density at radius 2 is 2.14 bits per heavy atom. The number of hydrogen-bond donors (Lipinski definition) is 2. The van der Waals surface area contributed by atoms with E-state index in [1.54, 1.807) is 25.4 Å². The van der Waals surface area contributed by atoms with Gasteiger partial charge in [-0.1, -0.05) is 12.1 Å². The lowest BCUT2D eigenvalue weighted by Crippen LogP contribution is -2.28. The van der Waals surface area contributed by atoms with E-state index in [1.165, 1.54) is 0 Å². The fraction of sp³-hybridized carbons (Fsp3) is 0.250. The van der Waals surface area contributed by atoms with E-state index >= 15 is 0 Å². The highest BCUT2D eigenvalue weighted by molar-refractivity contribution is 5.98. The molecule has 5 heteroatoms. The molecule has 1 heterocycles. The SMILES string of the molecule is CNc1ncccc1C(=O)NCCOc1cccc(C)c1. The summed E-state index contributed by atoms with van der Waals surface area (Å²) < 4.78 is 5.58. The van der Waals surface area contributed by atoms with Crippen molar-refractivity contribution in [1.29, 1.82) is 0 Å². The van der Waals surface area contributed by atoms with Gasteiger partial charge >= 0.3 is 0 Å². The number of aryl methyl sites for hydroxylation is 1. The summed E-state index contributed by atoms with van der Waals surface area (Å²) in [6.45, 7) is 2.87. The summed E-state index contributed by atoms with van der Waals surface area (Å²) in [5.41, 5.74) is 1.67. The zero-order chi connectivity index (χ0) is 15.1. The van der Waals surface area contributed by atoms with Crippen molar-refractivity contribution in [3.05, 3.63) is 53.7 Å².